The Hall–Kier alpha value is -2.74. The smallest absolute Gasteiger partial charge is 0.117 e. The number of phenols is 1. The molecular formula is C20H17NO. The van der Waals surface area contributed by atoms with Gasteiger partial charge >= 0.3 is 0 Å². The Bertz CT molecular complexity index is 837. The third-order valence-electron chi connectivity index (χ3n) is 4.25. The van der Waals surface area contributed by atoms with Crippen LogP contribution < -0.4 is 4.90 Å². The van der Waals surface area contributed by atoms with Gasteiger partial charge in [-0.2, -0.15) is 0 Å². The maximum absolute atomic E-state index is 9.92. The minimum absolute atomic E-state index is 0.301. The van der Waals surface area contributed by atoms with Gasteiger partial charge in [0.1, 0.15) is 5.75 Å². The number of benzene rings is 3. The maximum atomic E-state index is 9.92. The van der Waals surface area contributed by atoms with E-state index in [9.17, 15) is 5.11 Å². The normalized spacial score (nSPS) is 12.7. The van der Waals surface area contributed by atoms with Crippen molar-refractivity contribution in [3.63, 3.8) is 0 Å². The highest BCUT2D eigenvalue weighted by Crippen LogP contribution is 2.43. The molecule has 0 unspecified atom stereocenters. The molecule has 0 aromatic heterocycles. The van der Waals surface area contributed by atoms with E-state index in [4.69, 9.17) is 0 Å². The number of anilines is 2. The maximum Gasteiger partial charge on any atom is 0.117 e. The minimum Gasteiger partial charge on any atom is -0.508 e. The summed E-state index contributed by atoms with van der Waals surface area (Å²) in [5, 5.41) is 9.92. The van der Waals surface area contributed by atoms with Crippen molar-refractivity contribution < 1.29 is 5.11 Å². The van der Waals surface area contributed by atoms with E-state index in [1.807, 2.05) is 12.1 Å². The summed E-state index contributed by atoms with van der Waals surface area (Å²) in [4.78, 5) is 2.26. The predicted molar refractivity (Wildman–Crippen MR) is 90.6 cm³/mol. The highest BCUT2D eigenvalue weighted by Gasteiger charge is 2.23. The first kappa shape index (κ1) is 13.0. The largest absolute Gasteiger partial charge is 0.508 e. The molecule has 108 valence electrons. The molecule has 0 spiro atoms. The number of hydrogen-bond acceptors (Lipinski definition) is 2. The molecule has 0 fully saturated rings. The second kappa shape index (κ2) is 4.92. The monoisotopic (exact) mass is 287 g/mol. The van der Waals surface area contributed by atoms with Gasteiger partial charge in [0.2, 0.25) is 0 Å². The van der Waals surface area contributed by atoms with Crippen molar-refractivity contribution in [2.24, 2.45) is 0 Å². The Morgan fingerprint density at radius 1 is 0.864 bits per heavy atom. The fraction of sp³-hybridized carbons (Fsp3) is 0.100. The molecule has 0 amide bonds. The van der Waals surface area contributed by atoms with Crippen molar-refractivity contribution in [1.29, 1.82) is 0 Å². The standard InChI is InChI=1S/C20H17NO/c1-14-6-8-16(9-7-14)21-13-15-4-2-3-5-18(15)19-11-10-17(22)12-20(19)21/h2-12,22H,13H2,1H3. The Labute approximate surface area is 130 Å². The first-order chi connectivity index (χ1) is 10.7. The number of nitrogens with zero attached hydrogens (tertiary/aromatic N) is 1. The number of aromatic hydroxyl groups is 1. The van der Waals surface area contributed by atoms with Gasteiger partial charge in [0.05, 0.1) is 5.69 Å². The quantitative estimate of drug-likeness (QED) is 0.679. The molecule has 4 rings (SSSR count). The second-order valence-electron chi connectivity index (χ2n) is 5.78. The summed E-state index contributed by atoms with van der Waals surface area (Å²) in [5.41, 5.74) is 7.18. The fourth-order valence-corrected chi connectivity index (χ4v) is 3.10. The highest BCUT2D eigenvalue weighted by molar-refractivity contribution is 5.87. The van der Waals surface area contributed by atoms with Crippen molar-refractivity contribution >= 4 is 11.4 Å². The van der Waals surface area contributed by atoms with Gasteiger partial charge in [-0.3, -0.25) is 0 Å². The van der Waals surface area contributed by atoms with Gasteiger partial charge in [-0.05, 0) is 42.3 Å². The van der Waals surface area contributed by atoms with Gasteiger partial charge in [-0.15, -0.1) is 0 Å². The number of rotatable bonds is 1. The average molecular weight is 287 g/mol. The Morgan fingerprint density at radius 2 is 1.64 bits per heavy atom. The SMILES string of the molecule is Cc1ccc(N2Cc3ccccc3-c3ccc(O)cc32)cc1. The third kappa shape index (κ3) is 2.04. The van der Waals surface area contributed by atoms with Crippen LogP contribution in [-0.4, -0.2) is 5.11 Å². The van der Waals surface area contributed by atoms with Crippen molar-refractivity contribution in [2.75, 3.05) is 4.90 Å². The lowest BCUT2D eigenvalue weighted by atomic mass is 9.93. The van der Waals surface area contributed by atoms with Gasteiger partial charge < -0.3 is 10.0 Å². The summed E-state index contributed by atoms with van der Waals surface area (Å²) in [7, 11) is 0. The molecule has 3 aromatic carbocycles. The number of hydrogen-bond donors (Lipinski definition) is 1. The van der Waals surface area contributed by atoms with E-state index >= 15 is 0 Å². The summed E-state index contributed by atoms with van der Waals surface area (Å²) >= 11 is 0. The highest BCUT2D eigenvalue weighted by atomic mass is 16.3. The molecule has 0 bridgehead atoms. The molecule has 3 aromatic rings. The Balaban J connectivity index is 1.92. The van der Waals surface area contributed by atoms with E-state index in [0.29, 0.717) is 5.75 Å². The van der Waals surface area contributed by atoms with Crippen molar-refractivity contribution in [3.8, 4) is 16.9 Å². The van der Waals surface area contributed by atoms with Crippen LogP contribution in [0.1, 0.15) is 11.1 Å². The molecule has 2 nitrogen and oxygen atoms in total. The van der Waals surface area contributed by atoms with Crippen LogP contribution in [-0.2, 0) is 6.54 Å². The molecule has 1 aliphatic heterocycles. The second-order valence-corrected chi connectivity index (χ2v) is 5.78. The summed E-state index contributed by atoms with van der Waals surface area (Å²) in [6.45, 7) is 2.91. The van der Waals surface area contributed by atoms with E-state index in [0.717, 1.165) is 17.9 Å². The van der Waals surface area contributed by atoms with E-state index in [1.165, 1.54) is 22.3 Å². The molecule has 1 N–H and O–H groups in total. The van der Waals surface area contributed by atoms with E-state index < -0.39 is 0 Å². The summed E-state index contributed by atoms with van der Waals surface area (Å²) < 4.78 is 0. The Kier molecular flexibility index (Phi) is 2.90. The lowest BCUT2D eigenvalue weighted by Gasteiger charge is -2.33. The van der Waals surface area contributed by atoms with Crippen LogP contribution >= 0.6 is 0 Å². The zero-order chi connectivity index (χ0) is 15.1. The van der Waals surface area contributed by atoms with Crippen LogP contribution in [0.3, 0.4) is 0 Å². The molecule has 1 aliphatic rings. The number of aryl methyl sites for hydroxylation is 1. The van der Waals surface area contributed by atoms with Gasteiger partial charge in [0.25, 0.3) is 0 Å². The van der Waals surface area contributed by atoms with Gasteiger partial charge in [-0.25, -0.2) is 0 Å². The van der Waals surface area contributed by atoms with Crippen LogP contribution in [0.5, 0.6) is 5.75 Å². The first-order valence-corrected chi connectivity index (χ1v) is 7.48. The molecule has 1 heterocycles. The van der Waals surface area contributed by atoms with Crippen LogP contribution in [0.25, 0.3) is 11.1 Å². The van der Waals surface area contributed by atoms with Crippen molar-refractivity contribution in [1.82, 2.24) is 0 Å². The number of fused-ring (bicyclic) bond motifs is 3. The van der Waals surface area contributed by atoms with E-state index in [2.05, 4.69) is 60.4 Å². The topological polar surface area (TPSA) is 23.5 Å². The van der Waals surface area contributed by atoms with Gasteiger partial charge in [0.15, 0.2) is 0 Å². The van der Waals surface area contributed by atoms with Crippen LogP contribution in [0.2, 0.25) is 0 Å². The first-order valence-electron chi connectivity index (χ1n) is 7.48. The number of phenolic OH excluding ortho intramolecular Hbond substituents is 1. The van der Waals surface area contributed by atoms with Crippen LogP contribution in [0.15, 0.2) is 66.7 Å². The third-order valence-corrected chi connectivity index (χ3v) is 4.25. The summed E-state index contributed by atoms with van der Waals surface area (Å²) in [6, 6.07) is 22.6. The minimum atomic E-state index is 0.301. The lowest BCUT2D eigenvalue weighted by Crippen LogP contribution is -2.21. The molecule has 0 atom stereocenters. The van der Waals surface area contributed by atoms with Crippen LogP contribution in [0.4, 0.5) is 11.4 Å². The zero-order valence-electron chi connectivity index (χ0n) is 12.5. The molecule has 0 radical (unpaired) electrons. The lowest BCUT2D eigenvalue weighted by molar-refractivity contribution is 0.475. The average Bonchev–Trinajstić information content (AvgIpc) is 2.55. The fourth-order valence-electron chi connectivity index (χ4n) is 3.10. The van der Waals surface area contributed by atoms with Crippen LogP contribution in [0, 0.1) is 6.92 Å². The molecule has 0 saturated carbocycles. The van der Waals surface area contributed by atoms with E-state index in [1.54, 1.807) is 6.07 Å². The molecule has 0 aliphatic carbocycles. The summed E-state index contributed by atoms with van der Waals surface area (Å²) in [5.74, 6) is 0.301. The summed E-state index contributed by atoms with van der Waals surface area (Å²) in [6.07, 6.45) is 0. The van der Waals surface area contributed by atoms with Gasteiger partial charge in [-0.1, -0.05) is 42.0 Å². The Morgan fingerprint density at radius 3 is 2.45 bits per heavy atom. The molecular weight excluding hydrogens is 270 g/mol. The zero-order valence-corrected chi connectivity index (χ0v) is 12.5. The molecule has 22 heavy (non-hydrogen) atoms. The van der Waals surface area contributed by atoms with E-state index in [-0.39, 0.29) is 0 Å². The van der Waals surface area contributed by atoms with Crippen molar-refractivity contribution in [2.45, 2.75) is 13.5 Å². The molecule has 0 saturated heterocycles. The predicted octanol–water partition coefficient (Wildman–Crippen LogP) is 5.02. The van der Waals surface area contributed by atoms with Gasteiger partial charge in [0, 0.05) is 23.9 Å². The molecule has 2 heteroatoms. The van der Waals surface area contributed by atoms with Crippen molar-refractivity contribution in [3.05, 3.63) is 77.9 Å².